The number of rotatable bonds is 6. The molecule has 1 aliphatic carbocycles. The number of thioether (sulfide) groups is 1. The molecule has 1 saturated carbocycles. The largest absolute Gasteiger partial charge is 0.380 e. The van der Waals surface area contributed by atoms with Crippen LogP contribution in [-0.4, -0.2) is 18.3 Å². The van der Waals surface area contributed by atoms with E-state index in [1.54, 1.807) is 11.8 Å². The zero-order valence-electron chi connectivity index (χ0n) is 10.6. The maximum atomic E-state index is 9.33. The molecule has 0 heterocycles. The first kappa shape index (κ1) is 13.3. The zero-order chi connectivity index (χ0) is 13.0. The van der Waals surface area contributed by atoms with Crippen molar-refractivity contribution < 1.29 is 0 Å². The average molecular weight is 261 g/mol. The van der Waals surface area contributed by atoms with Gasteiger partial charge in [-0.1, -0.05) is 13.0 Å². The van der Waals surface area contributed by atoms with E-state index < -0.39 is 0 Å². The number of anilines is 1. The van der Waals surface area contributed by atoms with E-state index >= 15 is 0 Å². The molecular weight excluding hydrogens is 242 g/mol. The molecule has 1 aliphatic rings. The lowest BCUT2D eigenvalue weighted by atomic mass is 10.1. The molecule has 1 atom stereocenters. The van der Waals surface area contributed by atoms with Crippen molar-refractivity contribution in [2.75, 3.05) is 17.6 Å². The molecule has 1 aromatic rings. The van der Waals surface area contributed by atoms with Gasteiger partial charge in [-0.25, -0.2) is 0 Å². The molecule has 1 fully saturated rings. The Morgan fingerprint density at radius 2 is 2.33 bits per heavy atom. The molecule has 0 aromatic heterocycles. The van der Waals surface area contributed by atoms with Gasteiger partial charge in [-0.3, -0.25) is 0 Å². The number of nitrogens with zero attached hydrogens (tertiary/aromatic N) is 1. The van der Waals surface area contributed by atoms with Gasteiger partial charge in [0.1, 0.15) is 6.07 Å². The van der Waals surface area contributed by atoms with Gasteiger partial charge in [0, 0.05) is 17.5 Å². The Kier molecular flexibility index (Phi) is 4.51. The third-order valence-corrected chi connectivity index (χ3v) is 4.16. The highest BCUT2D eigenvalue weighted by atomic mass is 32.2. The Morgan fingerprint density at radius 3 is 2.89 bits per heavy atom. The maximum Gasteiger partial charge on any atom is 0.102 e. The lowest BCUT2D eigenvalue weighted by molar-refractivity contribution is 0.645. The van der Waals surface area contributed by atoms with Crippen molar-refractivity contribution in [2.45, 2.75) is 30.7 Å². The second kappa shape index (κ2) is 6.12. The number of nitrogens with one attached hydrogen (secondary N) is 1. The zero-order valence-corrected chi connectivity index (χ0v) is 11.5. The van der Waals surface area contributed by atoms with Gasteiger partial charge in [0.15, 0.2) is 0 Å². The van der Waals surface area contributed by atoms with E-state index in [1.165, 1.54) is 12.8 Å². The monoisotopic (exact) mass is 261 g/mol. The van der Waals surface area contributed by atoms with Crippen molar-refractivity contribution in [2.24, 2.45) is 11.7 Å². The minimum atomic E-state index is 0.305. The van der Waals surface area contributed by atoms with Crippen LogP contribution in [0.2, 0.25) is 0 Å². The highest BCUT2D eigenvalue weighted by Crippen LogP contribution is 2.35. The fraction of sp³-hybridized carbons (Fsp3) is 0.500. The lowest BCUT2D eigenvalue weighted by Crippen LogP contribution is -2.31. The van der Waals surface area contributed by atoms with E-state index in [9.17, 15) is 5.26 Å². The third kappa shape index (κ3) is 2.98. The molecule has 1 unspecified atom stereocenters. The second-order valence-corrected chi connectivity index (χ2v) is 5.85. The summed E-state index contributed by atoms with van der Waals surface area (Å²) in [5.41, 5.74) is 7.48. The summed E-state index contributed by atoms with van der Waals surface area (Å²) in [5, 5.41) is 12.8. The van der Waals surface area contributed by atoms with Crippen molar-refractivity contribution in [3.63, 3.8) is 0 Å². The molecule has 1 aromatic carbocycles. The van der Waals surface area contributed by atoms with Crippen LogP contribution in [0.3, 0.4) is 0 Å². The van der Waals surface area contributed by atoms with Crippen LogP contribution >= 0.6 is 11.8 Å². The van der Waals surface area contributed by atoms with Crippen molar-refractivity contribution in [3.05, 3.63) is 23.8 Å². The summed E-state index contributed by atoms with van der Waals surface area (Å²) in [6.07, 6.45) is 2.50. The average Bonchev–Trinajstić information content (AvgIpc) is 3.21. The summed E-state index contributed by atoms with van der Waals surface area (Å²) in [6.45, 7) is 2.72. The van der Waals surface area contributed by atoms with Crippen LogP contribution in [0.4, 0.5) is 5.69 Å². The number of nitriles is 1. The normalized spacial score (nSPS) is 16.1. The maximum absolute atomic E-state index is 9.33. The Balaban J connectivity index is 2.21. The first-order valence-corrected chi connectivity index (χ1v) is 7.41. The summed E-state index contributed by atoms with van der Waals surface area (Å²) < 4.78 is 0. The van der Waals surface area contributed by atoms with Gasteiger partial charge in [0.2, 0.25) is 0 Å². The van der Waals surface area contributed by atoms with Crippen molar-refractivity contribution >= 4 is 17.4 Å². The minimum Gasteiger partial charge on any atom is -0.380 e. The molecular formula is C14H19N3S. The van der Waals surface area contributed by atoms with Crippen molar-refractivity contribution in [1.29, 1.82) is 5.26 Å². The number of benzene rings is 1. The second-order valence-electron chi connectivity index (χ2n) is 4.55. The minimum absolute atomic E-state index is 0.305. The molecule has 96 valence electrons. The smallest absolute Gasteiger partial charge is 0.102 e. The van der Waals surface area contributed by atoms with E-state index in [1.807, 2.05) is 18.2 Å². The number of hydrogen-bond acceptors (Lipinski definition) is 4. The van der Waals surface area contributed by atoms with Gasteiger partial charge in [-0.15, -0.1) is 11.8 Å². The molecule has 0 spiro atoms. The highest BCUT2D eigenvalue weighted by Gasteiger charge is 2.30. The van der Waals surface area contributed by atoms with E-state index in [0.29, 0.717) is 18.5 Å². The topological polar surface area (TPSA) is 61.8 Å². The SMILES string of the molecule is CCSc1cccc(NC(CN)C2CC2)c1C#N. The first-order valence-electron chi connectivity index (χ1n) is 6.42. The lowest BCUT2D eigenvalue weighted by Gasteiger charge is -2.19. The van der Waals surface area contributed by atoms with Gasteiger partial charge in [0.25, 0.3) is 0 Å². The quantitative estimate of drug-likeness (QED) is 0.773. The third-order valence-electron chi connectivity index (χ3n) is 3.22. The first-order chi connectivity index (χ1) is 8.80. The summed E-state index contributed by atoms with van der Waals surface area (Å²) in [7, 11) is 0. The molecule has 0 bridgehead atoms. The summed E-state index contributed by atoms with van der Waals surface area (Å²) in [5.74, 6) is 1.66. The fourth-order valence-electron chi connectivity index (χ4n) is 2.11. The molecule has 0 radical (unpaired) electrons. The van der Waals surface area contributed by atoms with Crippen LogP contribution in [0.15, 0.2) is 23.1 Å². The predicted octanol–water partition coefficient (Wildman–Crippen LogP) is 2.82. The molecule has 18 heavy (non-hydrogen) atoms. The van der Waals surface area contributed by atoms with Crippen molar-refractivity contribution in [3.8, 4) is 6.07 Å². The van der Waals surface area contributed by atoms with Crippen LogP contribution in [0.1, 0.15) is 25.3 Å². The van der Waals surface area contributed by atoms with E-state index in [4.69, 9.17) is 5.73 Å². The van der Waals surface area contributed by atoms with Crippen LogP contribution in [0, 0.1) is 17.2 Å². The van der Waals surface area contributed by atoms with Crippen LogP contribution in [-0.2, 0) is 0 Å². The molecule has 0 aliphatic heterocycles. The Hall–Kier alpha value is -1.18. The summed E-state index contributed by atoms with van der Waals surface area (Å²) >= 11 is 1.71. The Bertz CT molecular complexity index is 449. The molecule has 3 N–H and O–H groups in total. The summed E-state index contributed by atoms with van der Waals surface area (Å²) in [6, 6.07) is 8.60. The van der Waals surface area contributed by atoms with Gasteiger partial charge in [0.05, 0.1) is 11.3 Å². The van der Waals surface area contributed by atoms with Gasteiger partial charge in [-0.2, -0.15) is 5.26 Å². The van der Waals surface area contributed by atoms with E-state index in [-0.39, 0.29) is 0 Å². The standard InChI is InChI=1S/C14H19N3S/c1-2-18-14-5-3-4-12(11(14)8-15)17-13(9-16)10-6-7-10/h3-5,10,13,17H,2,6-7,9,16H2,1H3. The highest BCUT2D eigenvalue weighted by molar-refractivity contribution is 7.99. The van der Waals surface area contributed by atoms with Crippen LogP contribution < -0.4 is 11.1 Å². The number of hydrogen-bond donors (Lipinski definition) is 2. The molecule has 3 nitrogen and oxygen atoms in total. The Morgan fingerprint density at radius 1 is 1.56 bits per heavy atom. The fourth-order valence-corrected chi connectivity index (χ4v) is 2.90. The summed E-state index contributed by atoms with van der Waals surface area (Å²) in [4.78, 5) is 1.05. The van der Waals surface area contributed by atoms with Crippen LogP contribution in [0.5, 0.6) is 0 Å². The Labute approximate surface area is 113 Å². The van der Waals surface area contributed by atoms with Crippen LogP contribution in [0.25, 0.3) is 0 Å². The predicted molar refractivity (Wildman–Crippen MR) is 76.7 cm³/mol. The molecule has 0 amide bonds. The van der Waals surface area contributed by atoms with E-state index in [2.05, 4.69) is 18.3 Å². The van der Waals surface area contributed by atoms with E-state index in [0.717, 1.165) is 21.9 Å². The van der Waals surface area contributed by atoms with Gasteiger partial charge in [-0.05, 0) is 36.6 Å². The van der Waals surface area contributed by atoms with Gasteiger partial charge < -0.3 is 11.1 Å². The van der Waals surface area contributed by atoms with Crippen molar-refractivity contribution in [1.82, 2.24) is 0 Å². The molecule has 0 saturated heterocycles. The van der Waals surface area contributed by atoms with Gasteiger partial charge >= 0.3 is 0 Å². The molecule has 4 heteroatoms. The number of nitrogens with two attached hydrogens (primary N) is 1. The molecule has 2 rings (SSSR count).